The quantitative estimate of drug-likeness (QED) is 0.833. The summed E-state index contributed by atoms with van der Waals surface area (Å²) in [6.07, 6.45) is 1.25. The lowest BCUT2D eigenvalue weighted by molar-refractivity contribution is -0.149. The van der Waals surface area contributed by atoms with Gasteiger partial charge in [-0.15, -0.1) is 0 Å². The zero-order chi connectivity index (χ0) is 13.8. The third kappa shape index (κ3) is 3.07. The van der Waals surface area contributed by atoms with Crippen LogP contribution in [0.3, 0.4) is 0 Å². The van der Waals surface area contributed by atoms with Gasteiger partial charge in [-0.3, -0.25) is 9.59 Å². The number of likely N-dealkylation sites (tertiary alicyclic amines) is 1. The van der Waals surface area contributed by atoms with Crippen molar-refractivity contribution in [1.29, 1.82) is 0 Å². The number of esters is 1. The monoisotopic (exact) mass is 266 g/mol. The maximum absolute atomic E-state index is 12.1. The molecule has 0 saturated carbocycles. The first-order valence-corrected chi connectivity index (χ1v) is 6.43. The third-order valence-electron chi connectivity index (χ3n) is 3.24. The van der Waals surface area contributed by atoms with Gasteiger partial charge in [-0.2, -0.15) is 0 Å². The number of nitrogens with two attached hydrogens (primary N) is 1. The standard InChI is InChI=1S/C13H18N2O4/c1-2-18-13(17)9-5-7-15(8-6-9)12(16)10-3-4-11(14)19-10/h3-4,9H,2,5-8,14H2,1H3. The summed E-state index contributed by atoms with van der Waals surface area (Å²) in [5.41, 5.74) is 5.44. The Balaban J connectivity index is 1.89. The number of carbonyl (C=O) groups excluding carboxylic acids is 2. The van der Waals surface area contributed by atoms with Gasteiger partial charge in [0.25, 0.3) is 5.91 Å². The van der Waals surface area contributed by atoms with Crippen LogP contribution in [-0.4, -0.2) is 36.5 Å². The summed E-state index contributed by atoms with van der Waals surface area (Å²) < 4.78 is 10.1. The summed E-state index contributed by atoms with van der Waals surface area (Å²) in [6.45, 7) is 3.24. The summed E-state index contributed by atoms with van der Waals surface area (Å²) in [5.74, 6) is 0.0124. The molecule has 6 heteroatoms. The smallest absolute Gasteiger partial charge is 0.309 e. The first-order chi connectivity index (χ1) is 9.11. The number of hydrogen-bond donors (Lipinski definition) is 1. The predicted molar refractivity (Wildman–Crippen MR) is 68.4 cm³/mol. The Morgan fingerprint density at radius 3 is 2.63 bits per heavy atom. The molecule has 0 atom stereocenters. The van der Waals surface area contributed by atoms with Gasteiger partial charge in [0.15, 0.2) is 11.6 Å². The van der Waals surface area contributed by atoms with Crippen LogP contribution in [0.15, 0.2) is 16.5 Å². The molecule has 0 radical (unpaired) electrons. The Labute approximate surface area is 111 Å². The Morgan fingerprint density at radius 1 is 1.42 bits per heavy atom. The van der Waals surface area contributed by atoms with Crippen molar-refractivity contribution < 1.29 is 18.7 Å². The van der Waals surface area contributed by atoms with Crippen molar-refractivity contribution in [2.75, 3.05) is 25.4 Å². The Kier molecular flexibility index (Phi) is 4.09. The molecule has 6 nitrogen and oxygen atoms in total. The lowest BCUT2D eigenvalue weighted by atomic mass is 9.97. The molecule has 0 unspecified atom stereocenters. The molecule has 1 aliphatic heterocycles. The zero-order valence-electron chi connectivity index (χ0n) is 10.9. The van der Waals surface area contributed by atoms with Crippen molar-refractivity contribution in [2.45, 2.75) is 19.8 Å². The number of nitrogens with zero attached hydrogens (tertiary/aromatic N) is 1. The van der Waals surface area contributed by atoms with Crippen LogP contribution in [-0.2, 0) is 9.53 Å². The van der Waals surface area contributed by atoms with Crippen LogP contribution in [0.2, 0.25) is 0 Å². The minimum atomic E-state index is -0.181. The highest BCUT2D eigenvalue weighted by Gasteiger charge is 2.29. The zero-order valence-corrected chi connectivity index (χ0v) is 10.9. The SMILES string of the molecule is CCOC(=O)C1CCN(C(=O)c2ccc(N)o2)CC1. The number of hydrogen-bond acceptors (Lipinski definition) is 5. The van der Waals surface area contributed by atoms with Gasteiger partial charge in [0.1, 0.15) is 0 Å². The third-order valence-corrected chi connectivity index (χ3v) is 3.24. The average molecular weight is 266 g/mol. The van der Waals surface area contributed by atoms with E-state index in [1.54, 1.807) is 24.0 Å². The molecule has 2 heterocycles. The molecule has 0 aliphatic carbocycles. The van der Waals surface area contributed by atoms with Crippen LogP contribution in [0.25, 0.3) is 0 Å². The molecule has 1 saturated heterocycles. The number of piperidine rings is 1. The minimum Gasteiger partial charge on any atom is -0.466 e. The number of furan rings is 1. The summed E-state index contributed by atoms with van der Waals surface area (Å²) in [5, 5.41) is 0. The average Bonchev–Trinajstić information content (AvgIpc) is 2.85. The van der Waals surface area contributed by atoms with E-state index in [4.69, 9.17) is 14.9 Å². The van der Waals surface area contributed by atoms with Gasteiger partial charge in [-0.05, 0) is 25.8 Å². The number of amides is 1. The van der Waals surface area contributed by atoms with Crippen molar-refractivity contribution in [1.82, 2.24) is 4.90 Å². The number of carbonyl (C=O) groups is 2. The maximum Gasteiger partial charge on any atom is 0.309 e. The van der Waals surface area contributed by atoms with Gasteiger partial charge in [-0.1, -0.05) is 0 Å². The number of ether oxygens (including phenoxy) is 1. The topological polar surface area (TPSA) is 85.8 Å². The largest absolute Gasteiger partial charge is 0.466 e. The molecule has 1 aromatic heterocycles. The second-order valence-corrected chi connectivity index (χ2v) is 4.52. The van der Waals surface area contributed by atoms with Gasteiger partial charge in [-0.25, -0.2) is 0 Å². The van der Waals surface area contributed by atoms with Crippen LogP contribution in [0.4, 0.5) is 5.88 Å². The molecule has 104 valence electrons. The summed E-state index contributed by atoms with van der Waals surface area (Å²) in [7, 11) is 0. The van der Waals surface area contributed by atoms with Crippen LogP contribution in [0, 0.1) is 5.92 Å². The predicted octanol–water partition coefficient (Wildman–Crippen LogP) is 1.28. The van der Waals surface area contributed by atoms with Crippen LogP contribution < -0.4 is 5.73 Å². The van der Waals surface area contributed by atoms with Gasteiger partial charge in [0, 0.05) is 19.2 Å². The highest BCUT2D eigenvalue weighted by Crippen LogP contribution is 2.21. The molecule has 2 rings (SSSR count). The van der Waals surface area contributed by atoms with Crippen LogP contribution >= 0.6 is 0 Å². The van der Waals surface area contributed by atoms with Gasteiger partial charge in [0.05, 0.1) is 12.5 Å². The number of rotatable bonds is 3. The van der Waals surface area contributed by atoms with Crippen molar-refractivity contribution in [3.8, 4) is 0 Å². The fourth-order valence-corrected chi connectivity index (χ4v) is 2.20. The Hall–Kier alpha value is -1.98. The highest BCUT2D eigenvalue weighted by atomic mass is 16.5. The maximum atomic E-state index is 12.1. The summed E-state index contributed by atoms with van der Waals surface area (Å²) >= 11 is 0. The Bertz CT molecular complexity index is 461. The molecule has 19 heavy (non-hydrogen) atoms. The minimum absolute atomic E-state index is 0.106. The van der Waals surface area contributed by atoms with Gasteiger partial charge >= 0.3 is 5.97 Å². The second kappa shape index (κ2) is 5.77. The van der Waals surface area contributed by atoms with Crippen molar-refractivity contribution in [2.24, 2.45) is 5.92 Å². The van der Waals surface area contributed by atoms with E-state index in [0.717, 1.165) is 0 Å². The molecule has 1 amide bonds. The van der Waals surface area contributed by atoms with Crippen LogP contribution in [0.5, 0.6) is 0 Å². The molecular weight excluding hydrogens is 248 g/mol. The number of nitrogen functional groups attached to an aromatic ring is 1. The summed E-state index contributed by atoms with van der Waals surface area (Å²) in [6, 6.07) is 3.12. The first-order valence-electron chi connectivity index (χ1n) is 6.43. The van der Waals surface area contributed by atoms with E-state index in [2.05, 4.69) is 0 Å². The lowest BCUT2D eigenvalue weighted by Gasteiger charge is -2.30. The normalized spacial score (nSPS) is 16.4. The molecule has 2 N–H and O–H groups in total. The summed E-state index contributed by atoms with van der Waals surface area (Å²) in [4.78, 5) is 25.3. The van der Waals surface area contributed by atoms with E-state index in [0.29, 0.717) is 32.5 Å². The van der Waals surface area contributed by atoms with Crippen molar-refractivity contribution in [3.63, 3.8) is 0 Å². The second-order valence-electron chi connectivity index (χ2n) is 4.52. The fourth-order valence-electron chi connectivity index (χ4n) is 2.20. The van der Waals surface area contributed by atoms with Crippen LogP contribution in [0.1, 0.15) is 30.3 Å². The van der Waals surface area contributed by atoms with Crippen molar-refractivity contribution in [3.05, 3.63) is 17.9 Å². The lowest BCUT2D eigenvalue weighted by Crippen LogP contribution is -2.40. The Morgan fingerprint density at radius 2 is 2.11 bits per heavy atom. The molecule has 0 aromatic carbocycles. The van der Waals surface area contributed by atoms with E-state index in [9.17, 15) is 9.59 Å². The molecule has 0 bridgehead atoms. The van der Waals surface area contributed by atoms with Gasteiger partial charge < -0.3 is 19.8 Å². The highest BCUT2D eigenvalue weighted by molar-refractivity contribution is 5.92. The first kappa shape index (κ1) is 13.5. The molecule has 1 aromatic rings. The van der Waals surface area contributed by atoms with Crippen molar-refractivity contribution >= 4 is 17.8 Å². The van der Waals surface area contributed by atoms with E-state index in [1.165, 1.54) is 0 Å². The molecule has 0 spiro atoms. The van der Waals surface area contributed by atoms with Gasteiger partial charge in [0.2, 0.25) is 0 Å². The molecular formula is C13H18N2O4. The molecule has 1 aliphatic rings. The van der Waals surface area contributed by atoms with E-state index < -0.39 is 0 Å². The number of anilines is 1. The van der Waals surface area contributed by atoms with E-state index in [-0.39, 0.29) is 29.4 Å². The van der Waals surface area contributed by atoms with E-state index in [1.807, 2.05) is 0 Å². The molecule has 1 fully saturated rings. The van der Waals surface area contributed by atoms with E-state index >= 15 is 0 Å². The fraction of sp³-hybridized carbons (Fsp3) is 0.538.